The number of nitro benzene ring substituents is 1. The van der Waals surface area contributed by atoms with Crippen LogP contribution in [0.5, 0.6) is 5.75 Å². The van der Waals surface area contributed by atoms with E-state index in [9.17, 15) is 14.5 Å². The van der Waals surface area contributed by atoms with E-state index in [2.05, 4.69) is 12.2 Å². The van der Waals surface area contributed by atoms with Gasteiger partial charge in [-0.3, -0.25) is 10.1 Å². The largest absolute Gasteiger partial charge is 0.484 e. The lowest BCUT2D eigenvalue weighted by Crippen LogP contribution is -2.14. The summed E-state index contributed by atoms with van der Waals surface area (Å²) in [5.41, 5.74) is 0.741. The van der Waals surface area contributed by atoms with E-state index in [1.807, 2.05) is 0 Å². The van der Waals surface area contributed by atoms with Crippen molar-refractivity contribution in [3.05, 3.63) is 33.9 Å². The summed E-state index contributed by atoms with van der Waals surface area (Å²) in [6.45, 7) is 2.69. The molecule has 0 unspecified atom stereocenters. The Labute approximate surface area is 105 Å². The molecule has 0 aromatic heterocycles. The van der Waals surface area contributed by atoms with Crippen molar-refractivity contribution in [2.45, 2.75) is 19.9 Å². The summed E-state index contributed by atoms with van der Waals surface area (Å²) in [7, 11) is 0. The summed E-state index contributed by atoms with van der Waals surface area (Å²) in [6.07, 6.45) is 1.01. The molecule has 0 aliphatic rings. The number of nitro groups is 1. The van der Waals surface area contributed by atoms with Crippen molar-refractivity contribution >= 4 is 5.69 Å². The van der Waals surface area contributed by atoms with Crippen LogP contribution >= 0.6 is 0 Å². The molecule has 6 heteroatoms. The van der Waals surface area contributed by atoms with Gasteiger partial charge in [0.05, 0.1) is 4.92 Å². The lowest BCUT2D eigenvalue weighted by molar-refractivity contribution is -0.385. The number of halogens is 1. The van der Waals surface area contributed by atoms with Gasteiger partial charge in [-0.05, 0) is 24.6 Å². The van der Waals surface area contributed by atoms with Gasteiger partial charge >= 0.3 is 5.69 Å². The number of ether oxygens (including phenoxy) is 1. The van der Waals surface area contributed by atoms with Crippen LogP contribution in [0.4, 0.5) is 10.1 Å². The fourth-order valence-electron chi connectivity index (χ4n) is 1.49. The van der Waals surface area contributed by atoms with Crippen LogP contribution in [0.15, 0.2) is 18.2 Å². The van der Waals surface area contributed by atoms with Crippen LogP contribution in [-0.2, 0) is 6.54 Å². The molecule has 100 valence electrons. The second-order valence-electron chi connectivity index (χ2n) is 3.77. The quantitative estimate of drug-likeness (QED) is 0.441. The number of rotatable bonds is 8. The number of alkyl halides is 1. The van der Waals surface area contributed by atoms with Gasteiger partial charge in [-0.2, -0.15) is 0 Å². The Hall–Kier alpha value is -1.69. The number of benzene rings is 1. The summed E-state index contributed by atoms with van der Waals surface area (Å²) < 4.78 is 17.1. The summed E-state index contributed by atoms with van der Waals surface area (Å²) in [5, 5.41) is 14.0. The van der Waals surface area contributed by atoms with Crippen molar-refractivity contribution in [3.63, 3.8) is 0 Å². The van der Waals surface area contributed by atoms with E-state index in [1.54, 1.807) is 12.1 Å². The zero-order chi connectivity index (χ0) is 13.4. The van der Waals surface area contributed by atoms with E-state index < -0.39 is 11.6 Å². The summed E-state index contributed by atoms with van der Waals surface area (Å²) >= 11 is 0. The average Bonchev–Trinajstić information content (AvgIpc) is 2.36. The number of hydrogen-bond donors (Lipinski definition) is 1. The van der Waals surface area contributed by atoms with Gasteiger partial charge in [0, 0.05) is 12.6 Å². The van der Waals surface area contributed by atoms with Crippen LogP contribution in [0.25, 0.3) is 0 Å². The Morgan fingerprint density at radius 2 is 2.28 bits per heavy atom. The molecule has 1 aromatic carbocycles. The van der Waals surface area contributed by atoms with Gasteiger partial charge < -0.3 is 10.1 Å². The summed E-state index contributed by atoms with van der Waals surface area (Å²) in [4.78, 5) is 10.2. The second-order valence-corrected chi connectivity index (χ2v) is 3.77. The van der Waals surface area contributed by atoms with E-state index in [4.69, 9.17) is 4.74 Å². The summed E-state index contributed by atoms with van der Waals surface area (Å²) in [5.74, 6) is 0.119. The van der Waals surface area contributed by atoms with E-state index in [-0.39, 0.29) is 18.0 Å². The number of nitrogens with one attached hydrogen (secondary N) is 1. The third kappa shape index (κ3) is 4.29. The molecule has 1 aromatic rings. The van der Waals surface area contributed by atoms with Gasteiger partial charge in [0.15, 0.2) is 5.75 Å². The normalized spacial score (nSPS) is 10.3. The van der Waals surface area contributed by atoms with E-state index in [1.165, 1.54) is 6.07 Å². The van der Waals surface area contributed by atoms with Crippen molar-refractivity contribution in [1.29, 1.82) is 0 Å². The van der Waals surface area contributed by atoms with Crippen LogP contribution in [0.1, 0.15) is 18.9 Å². The van der Waals surface area contributed by atoms with Crippen molar-refractivity contribution in [2.75, 3.05) is 19.8 Å². The Balaban J connectivity index is 2.80. The van der Waals surface area contributed by atoms with Gasteiger partial charge in [0.25, 0.3) is 0 Å². The third-order valence-electron chi connectivity index (χ3n) is 2.31. The fourth-order valence-corrected chi connectivity index (χ4v) is 1.49. The fraction of sp³-hybridized carbons (Fsp3) is 0.500. The molecule has 0 saturated carbocycles. The molecule has 0 fully saturated rings. The first-order valence-corrected chi connectivity index (χ1v) is 5.85. The van der Waals surface area contributed by atoms with Gasteiger partial charge in [-0.25, -0.2) is 4.39 Å². The predicted molar refractivity (Wildman–Crippen MR) is 66.6 cm³/mol. The average molecular weight is 256 g/mol. The highest BCUT2D eigenvalue weighted by molar-refractivity contribution is 5.48. The number of nitrogens with zero attached hydrogens (tertiary/aromatic N) is 1. The first-order valence-electron chi connectivity index (χ1n) is 5.85. The SMILES string of the molecule is CCCNCc1ccc([N+](=O)[O-])c(OCCF)c1. The molecule has 0 radical (unpaired) electrons. The van der Waals surface area contributed by atoms with Gasteiger partial charge in [0.2, 0.25) is 0 Å². The molecule has 0 atom stereocenters. The van der Waals surface area contributed by atoms with Crippen molar-refractivity contribution < 1.29 is 14.1 Å². The van der Waals surface area contributed by atoms with Crippen LogP contribution < -0.4 is 10.1 Å². The highest BCUT2D eigenvalue weighted by atomic mass is 19.1. The lowest BCUT2D eigenvalue weighted by atomic mass is 10.2. The Morgan fingerprint density at radius 3 is 2.89 bits per heavy atom. The topological polar surface area (TPSA) is 64.4 Å². The van der Waals surface area contributed by atoms with E-state index >= 15 is 0 Å². The van der Waals surface area contributed by atoms with Gasteiger partial charge in [0.1, 0.15) is 13.3 Å². The molecule has 0 spiro atoms. The van der Waals surface area contributed by atoms with Crippen molar-refractivity contribution in [1.82, 2.24) is 5.32 Å². The molecule has 0 amide bonds. The minimum absolute atomic E-state index is 0.119. The lowest BCUT2D eigenvalue weighted by Gasteiger charge is -2.08. The first kappa shape index (κ1) is 14.4. The van der Waals surface area contributed by atoms with Crippen LogP contribution in [-0.4, -0.2) is 24.7 Å². The Bertz CT molecular complexity index is 399. The maximum Gasteiger partial charge on any atom is 0.310 e. The van der Waals surface area contributed by atoms with Crippen LogP contribution in [0.2, 0.25) is 0 Å². The standard InChI is InChI=1S/C12H17FN2O3/c1-2-6-14-9-10-3-4-11(15(16)17)12(8-10)18-7-5-13/h3-4,8,14H,2,5-7,9H2,1H3. The van der Waals surface area contributed by atoms with Crippen molar-refractivity contribution in [2.24, 2.45) is 0 Å². The Kier molecular flexibility index (Phi) is 6.07. The highest BCUT2D eigenvalue weighted by Gasteiger charge is 2.15. The van der Waals surface area contributed by atoms with Crippen molar-refractivity contribution in [3.8, 4) is 5.75 Å². The molecule has 18 heavy (non-hydrogen) atoms. The molecule has 0 bridgehead atoms. The zero-order valence-corrected chi connectivity index (χ0v) is 10.3. The molecular weight excluding hydrogens is 239 g/mol. The minimum Gasteiger partial charge on any atom is -0.484 e. The molecule has 0 aliphatic heterocycles. The monoisotopic (exact) mass is 256 g/mol. The second kappa shape index (κ2) is 7.60. The van der Waals surface area contributed by atoms with Gasteiger partial charge in [-0.15, -0.1) is 0 Å². The molecule has 1 rings (SSSR count). The first-order chi connectivity index (χ1) is 8.69. The van der Waals surface area contributed by atoms with E-state index in [0.29, 0.717) is 6.54 Å². The maximum absolute atomic E-state index is 12.1. The van der Waals surface area contributed by atoms with Gasteiger partial charge in [-0.1, -0.05) is 13.0 Å². The van der Waals surface area contributed by atoms with E-state index in [0.717, 1.165) is 18.5 Å². The molecule has 5 nitrogen and oxygen atoms in total. The molecule has 1 N–H and O–H groups in total. The van der Waals surface area contributed by atoms with Crippen LogP contribution in [0.3, 0.4) is 0 Å². The molecule has 0 aliphatic carbocycles. The molecular formula is C12H17FN2O3. The molecule has 0 heterocycles. The number of hydrogen-bond acceptors (Lipinski definition) is 4. The minimum atomic E-state index is -0.671. The summed E-state index contributed by atoms with van der Waals surface area (Å²) in [6, 6.07) is 4.63. The predicted octanol–water partition coefficient (Wildman–Crippen LogP) is 2.44. The zero-order valence-electron chi connectivity index (χ0n) is 10.3. The maximum atomic E-state index is 12.1. The third-order valence-corrected chi connectivity index (χ3v) is 2.31. The smallest absolute Gasteiger partial charge is 0.310 e. The van der Waals surface area contributed by atoms with Crippen LogP contribution in [0, 0.1) is 10.1 Å². The molecule has 0 saturated heterocycles. The Morgan fingerprint density at radius 1 is 1.50 bits per heavy atom. The highest BCUT2D eigenvalue weighted by Crippen LogP contribution is 2.27.